The second-order valence-electron chi connectivity index (χ2n) is 4.35. The number of methoxy groups -OCH3 is 1. The normalized spacial score (nSPS) is 10.3. The number of hydrogen-bond donors (Lipinski definition) is 1. The molecule has 0 aliphatic carbocycles. The standard InChI is InChI=1S/C14H9Br2FN2O4/c1-23-13-9(4-7(15)5-10(13)16)14(20)18-8-2-3-11(17)12(6-8)19(21)22/h2-6H,1H3,(H,18,20). The van der Waals surface area contributed by atoms with Crippen LogP contribution >= 0.6 is 31.9 Å². The van der Waals surface area contributed by atoms with Crippen LogP contribution in [0, 0.1) is 15.9 Å². The Hall–Kier alpha value is -2.00. The molecular formula is C14H9Br2FN2O4. The predicted molar refractivity (Wildman–Crippen MR) is 89.4 cm³/mol. The van der Waals surface area contributed by atoms with Crippen LogP contribution in [-0.2, 0) is 0 Å². The third kappa shape index (κ3) is 3.85. The first kappa shape index (κ1) is 17.4. The summed E-state index contributed by atoms with van der Waals surface area (Å²) in [5.41, 5.74) is -0.410. The van der Waals surface area contributed by atoms with Crippen molar-refractivity contribution in [3.63, 3.8) is 0 Å². The summed E-state index contributed by atoms with van der Waals surface area (Å²) in [5.74, 6) is -1.22. The molecule has 0 radical (unpaired) electrons. The Balaban J connectivity index is 2.37. The second kappa shape index (κ2) is 7.05. The van der Waals surface area contributed by atoms with Crippen molar-refractivity contribution in [2.24, 2.45) is 0 Å². The molecule has 6 nitrogen and oxygen atoms in total. The van der Waals surface area contributed by atoms with Crippen LogP contribution in [0.25, 0.3) is 0 Å². The van der Waals surface area contributed by atoms with Gasteiger partial charge in [0.05, 0.1) is 22.1 Å². The molecule has 2 aromatic carbocycles. The zero-order valence-electron chi connectivity index (χ0n) is 11.6. The van der Waals surface area contributed by atoms with Crippen LogP contribution in [0.3, 0.4) is 0 Å². The Labute approximate surface area is 147 Å². The molecule has 2 aromatic rings. The number of nitrogens with one attached hydrogen (secondary N) is 1. The van der Waals surface area contributed by atoms with E-state index in [4.69, 9.17) is 4.74 Å². The molecule has 23 heavy (non-hydrogen) atoms. The number of hydrogen-bond acceptors (Lipinski definition) is 4. The maximum atomic E-state index is 13.3. The zero-order valence-corrected chi connectivity index (χ0v) is 14.8. The Kier molecular flexibility index (Phi) is 5.32. The topological polar surface area (TPSA) is 81.5 Å². The number of carbonyl (C=O) groups is 1. The number of ether oxygens (including phenoxy) is 1. The van der Waals surface area contributed by atoms with E-state index in [1.165, 1.54) is 19.2 Å². The van der Waals surface area contributed by atoms with Gasteiger partial charge in [-0.05, 0) is 40.2 Å². The third-order valence-electron chi connectivity index (χ3n) is 2.86. The zero-order chi connectivity index (χ0) is 17.1. The van der Waals surface area contributed by atoms with Gasteiger partial charge in [0.2, 0.25) is 5.82 Å². The molecule has 1 N–H and O–H groups in total. The quantitative estimate of drug-likeness (QED) is 0.551. The van der Waals surface area contributed by atoms with E-state index in [1.807, 2.05) is 0 Å². The molecule has 1 amide bonds. The molecule has 0 aliphatic heterocycles. The highest BCUT2D eigenvalue weighted by Crippen LogP contribution is 2.33. The number of carbonyl (C=O) groups excluding carboxylic acids is 1. The molecule has 0 atom stereocenters. The molecule has 0 aromatic heterocycles. The fourth-order valence-corrected chi connectivity index (χ4v) is 3.25. The molecular weight excluding hydrogens is 439 g/mol. The largest absolute Gasteiger partial charge is 0.495 e. The molecule has 0 heterocycles. The molecule has 120 valence electrons. The Morgan fingerprint density at radius 3 is 2.61 bits per heavy atom. The van der Waals surface area contributed by atoms with Crippen LogP contribution in [-0.4, -0.2) is 17.9 Å². The summed E-state index contributed by atoms with van der Waals surface area (Å²) in [6.45, 7) is 0. The molecule has 0 aliphatic rings. The first-order valence-electron chi connectivity index (χ1n) is 6.11. The maximum Gasteiger partial charge on any atom is 0.306 e. The molecule has 9 heteroatoms. The van der Waals surface area contributed by atoms with Gasteiger partial charge in [-0.15, -0.1) is 0 Å². The van der Waals surface area contributed by atoms with Crippen LogP contribution in [0.1, 0.15) is 10.4 Å². The van der Waals surface area contributed by atoms with E-state index < -0.39 is 22.3 Å². The number of nitro groups is 1. The summed E-state index contributed by atoms with van der Waals surface area (Å²) in [5, 5.41) is 13.2. The predicted octanol–water partition coefficient (Wildman–Crippen LogP) is 4.52. The van der Waals surface area contributed by atoms with Gasteiger partial charge < -0.3 is 10.1 Å². The minimum Gasteiger partial charge on any atom is -0.495 e. The molecule has 0 fully saturated rings. The monoisotopic (exact) mass is 446 g/mol. The number of anilines is 1. The van der Waals surface area contributed by atoms with E-state index in [1.54, 1.807) is 6.07 Å². The Bertz CT molecular complexity index is 799. The molecule has 0 saturated heterocycles. The molecule has 0 unspecified atom stereocenters. The van der Waals surface area contributed by atoms with E-state index in [9.17, 15) is 19.3 Å². The van der Waals surface area contributed by atoms with Crippen LogP contribution in [0.4, 0.5) is 15.8 Å². The van der Waals surface area contributed by atoms with Crippen LogP contribution in [0.2, 0.25) is 0 Å². The summed E-state index contributed by atoms with van der Waals surface area (Å²) < 4.78 is 19.7. The Morgan fingerprint density at radius 2 is 2.00 bits per heavy atom. The number of halogens is 3. The van der Waals surface area contributed by atoms with Crippen molar-refractivity contribution in [3.8, 4) is 5.75 Å². The summed E-state index contributed by atoms with van der Waals surface area (Å²) in [7, 11) is 1.41. The number of nitro benzene ring substituents is 1. The van der Waals surface area contributed by atoms with Gasteiger partial charge in [0.25, 0.3) is 5.91 Å². The van der Waals surface area contributed by atoms with E-state index in [-0.39, 0.29) is 11.3 Å². The number of nitrogens with zero attached hydrogens (tertiary/aromatic N) is 1. The lowest BCUT2D eigenvalue weighted by atomic mass is 10.1. The van der Waals surface area contributed by atoms with Gasteiger partial charge in [-0.3, -0.25) is 14.9 Å². The molecule has 0 saturated carbocycles. The minimum atomic E-state index is -0.976. The summed E-state index contributed by atoms with van der Waals surface area (Å²) in [4.78, 5) is 22.2. The number of amides is 1. The first-order chi connectivity index (χ1) is 10.8. The number of rotatable bonds is 4. The van der Waals surface area contributed by atoms with Gasteiger partial charge >= 0.3 is 5.69 Å². The van der Waals surface area contributed by atoms with Gasteiger partial charge in [-0.2, -0.15) is 4.39 Å². The van der Waals surface area contributed by atoms with Crippen molar-refractivity contribution >= 4 is 49.1 Å². The summed E-state index contributed by atoms with van der Waals surface area (Å²) >= 11 is 6.54. The van der Waals surface area contributed by atoms with Crippen molar-refractivity contribution in [1.29, 1.82) is 0 Å². The van der Waals surface area contributed by atoms with Gasteiger partial charge in [-0.25, -0.2) is 0 Å². The van der Waals surface area contributed by atoms with E-state index >= 15 is 0 Å². The fourth-order valence-electron chi connectivity index (χ4n) is 1.87. The SMILES string of the molecule is COc1c(Br)cc(Br)cc1C(=O)Nc1ccc(F)c([N+](=O)[O-])c1. The summed E-state index contributed by atoms with van der Waals surface area (Å²) in [6, 6.07) is 6.35. The van der Waals surface area contributed by atoms with Gasteiger partial charge in [-0.1, -0.05) is 15.9 Å². The third-order valence-corrected chi connectivity index (χ3v) is 3.90. The summed E-state index contributed by atoms with van der Waals surface area (Å²) in [6.07, 6.45) is 0. The minimum absolute atomic E-state index is 0.0984. The smallest absolute Gasteiger partial charge is 0.306 e. The van der Waals surface area contributed by atoms with Gasteiger partial charge in [0, 0.05) is 16.2 Å². The lowest BCUT2D eigenvalue weighted by Crippen LogP contribution is -2.14. The fraction of sp³-hybridized carbons (Fsp3) is 0.0714. The maximum absolute atomic E-state index is 13.3. The van der Waals surface area contributed by atoms with Crippen LogP contribution < -0.4 is 10.1 Å². The van der Waals surface area contributed by atoms with E-state index in [0.717, 1.165) is 12.1 Å². The number of benzene rings is 2. The molecule has 0 bridgehead atoms. The van der Waals surface area contributed by atoms with Crippen molar-refractivity contribution < 1.29 is 18.8 Å². The molecule has 2 rings (SSSR count). The first-order valence-corrected chi connectivity index (χ1v) is 7.70. The van der Waals surface area contributed by atoms with Gasteiger partial charge in [0.15, 0.2) is 0 Å². The average Bonchev–Trinajstić information content (AvgIpc) is 2.48. The molecule has 0 spiro atoms. The van der Waals surface area contributed by atoms with Crippen molar-refractivity contribution in [1.82, 2.24) is 0 Å². The van der Waals surface area contributed by atoms with Crippen molar-refractivity contribution in [2.45, 2.75) is 0 Å². The highest BCUT2D eigenvalue weighted by molar-refractivity contribution is 9.11. The lowest BCUT2D eigenvalue weighted by molar-refractivity contribution is -0.387. The van der Waals surface area contributed by atoms with Crippen LogP contribution in [0.15, 0.2) is 39.3 Å². The lowest BCUT2D eigenvalue weighted by Gasteiger charge is -2.11. The highest BCUT2D eigenvalue weighted by Gasteiger charge is 2.19. The van der Waals surface area contributed by atoms with Crippen molar-refractivity contribution in [2.75, 3.05) is 12.4 Å². The van der Waals surface area contributed by atoms with Crippen LogP contribution in [0.5, 0.6) is 5.75 Å². The average molecular weight is 448 g/mol. The van der Waals surface area contributed by atoms with Crippen molar-refractivity contribution in [3.05, 3.63) is 60.8 Å². The van der Waals surface area contributed by atoms with Gasteiger partial charge in [0.1, 0.15) is 5.75 Å². The van der Waals surface area contributed by atoms with E-state index in [2.05, 4.69) is 37.2 Å². The van der Waals surface area contributed by atoms with E-state index in [0.29, 0.717) is 14.7 Å². The highest BCUT2D eigenvalue weighted by atomic mass is 79.9. The Morgan fingerprint density at radius 1 is 1.30 bits per heavy atom. The second-order valence-corrected chi connectivity index (χ2v) is 6.12.